The van der Waals surface area contributed by atoms with E-state index in [0.29, 0.717) is 5.56 Å². The van der Waals surface area contributed by atoms with Gasteiger partial charge in [-0.15, -0.1) is 0 Å². The highest BCUT2D eigenvalue weighted by Crippen LogP contribution is 2.40. The second-order valence-electron chi connectivity index (χ2n) is 10.5. The zero-order chi connectivity index (χ0) is 45.1. The first-order valence-electron chi connectivity index (χ1n) is 22.4. The van der Waals surface area contributed by atoms with Gasteiger partial charge in [-0.05, 0) is 63.3 Å². The van der Waals surface area contributed by atoms with E-state index in [-0.39, 0.29) is 16.6 Å². The van der Waals surface area contributed by atoms with Gasteiger partial charge in [0.15, 0.2) is 17.5 Å². The topological polar surface area (TPSA) is 51.8 Å². The predicted octanol–water partition coefficient (Wildman–Crippen LogP) is 11.3. The molecule has 0 saturated carbocycles. The average Bonchev–Trinajstić information content (AvgIpc) is 3.69. The average molecular weight is 618 g/mol. The molecule has 0 saturated heterocycles. The van der Waals surface area contributed by atoms with Crippen molar-refractivity contribution in [1.29, 1.82) is 0 Å². The van der Waals surface area contributed by atoms with E-state index in [9.17, 15) is 2.74 Å². The number of hydrogen-bond donors (Lipinski definition) is 0. The number of furan rings is 1. The molecule has 220 valence electrons. The van der Waals surface area contributed by atoms with Gasteiger partial charge in [-0.1, -0.05) is 133 Å². The molecule has 9 rings (SSSR count). The SMILES string of the molecule is [2H]c1c([2H])c([2H])c(-c2nc(-c3ccc4cc(-c5ccccc5)ccc4c3)nc(-c3c([2H])c(-c4c([2H])c([2H])c([2H])c([2H])c4[2H])c([2H])c4oc5c([2H])c([2H])c([2H])c([2H])c5c34)n2)c([2H])c1[2H]. The van der Waals surface area contributed by atoms with E-state index in [0.717, 1.165) is 21.9 Å². The second-order valence-corrected chi connectivity index (χ2v) is 10.5. The van der Waals surface area contributed by atoms with Crippen LogP contribution in [0.4, 0.5) is 0 Å². The Hall–Kier alpha value is -6.39. The summed E-state index contributed by atoms with van der Waals surface area (Å²) < 4.78 is 145. The third kappa shape index (κ3) is 4.93. The van der Waals surface area contributed by atoms with Gasteiger partial charge in [0, 0.05) is 27.5 Å². The van der Waals surface area contributed by atoms with Crippen molar-refractivity contribution in [3.8, 4) is 56.4 Å². The smallest absolute Gasteiger partial charge is 0.164 e. The van der Waals surface area contributed by atoms with Crippen LogP contribution in [0.3, 0.4) is 0 Å². The summed E-state index contributed by atoms with van der Waals surface area (Å²) in [5.41, 5.74) is -0.544. The Morgan fingerprint density at radius 1 is 0.447 bits per heavy atom. The van der Waals surface area contributed by atoms with E-state index >= 15 is 0 Å². The zero-order valence-electron chi connectivity index (χ0n) is 40.1. The first-order chi connectivity index (χ1) is 29.9. The summed E-state index contributed by atoms with van der Waals surface area (Å²) in [6, 6.07) is 9.54. The maximum atomic E-state index is 9.75. The van der Waals surface area contributed by atoms with Crippen molar-refractivity contribution in [3.63, 3.8) is 0 Å². The molecule has 47 heavy (non-hydrogen) atoms. The highest BCUT2D eigenvalue weighted by molar-refractivity contribution is 6.13. The van der Waals surface area contributed by atoms with Gasteiger partial charge in [-0.25, -0.2) is 15.0 Å². The molecule has 0 aliphatic heterocycles. The third-order valence-corrected chi connectivity index (χ3v) is 7.61. The van der Waals surface area contributed by atoms with Crippen molar-refractivity contribution in [3.05, 3.63) is 163 Å². The predicted molar refractivity (Wildman–Crippen MR) is 192 cm³/mol. The Balaban J connectivity index is 1.43. The van der Waals surface area contributed by atoms with Crippen molar-refractivity contribution in [1.82, 2.24) is 15.0 Å². The number of para-hydroxylation sites is 1. The molecular weight excluding hydrogens is 574 g/mol. The van der Waals surface area contributed by atoms with Crippen LogP contribution in [-0.2, 0) is 0 Å². The van der Waals surface area contributed by atoms with Crippen molar-refractivity contribution < 1.29 is 26.3 Å². The number of fused-ring (bicyclic) bond motifs is 4. The summed E-state index contributed by atoms with van der Waals surface area (Å²) in [5.74, 6) is -1.04. The fourth-order valence-electron chi connectivity index (χ4n) is 5.43. The second kappa shape index (κ2) is 11.2. The molecule has 0 aliphatic rings. The fraction of sp³-hybridized carbons (Fsp3) is 0. The van der Waals surface area contributed by atoms with Gasteiger partial charge in [0.05, 0.1) is 21.9 Å². The molecule has 0 aliphatic carbocycles. The monoisotopic (exact) mass is 617 g/mol. The fourth-order valence-corrected chi connectivity index (χ4v) is 5.43. The number of rotatable bonds is 5. The van der Waals surface area contributed by atoms with Crippen LogP contribution in [-0.4, -0.2) is 15.0 Å². The molecule has 0 bridgehead atoms. The van der Waals surface area contributed by atoms with Gasteiger partial charge in [-0.3, -0.25) is 0 Å². The van der Waals surface area contributed by atoms with Crippen LogP contribution in [0.15, 0.2) is 168 Å². The van der Waals surface area contributed by atoms with Crippen molar-refractivity contribution in [2.45, 2.75) is 0 Å². The van der Waals surface area contributed by atoms with Gasteiger partial charge in [-0.2, -0.15) is 0 Å². The summed E-state index contributed by atoms with van der Waals surface area (Å²) in [7, 11) is 0. The van der Waals surface area contributed by atoms with Crippen molar-refractivity contribution in [2.75, 3.05) is 0 Å². The largest absolute Gasteiger partial charge is 0.456 e. The molecule has 7 aromatic carbocycles. The number of nitrogens with zero attached hydrogens (tertiary/aromatic N) is 3. The van der Waals surface area contributed by atoms with Crippen molar-refractivity contribution >= 4 is 32.7 Å². The molecule has 4 nitrogen and oxygen atoms in total. The molecule has 2 heterocycles. The van der Waals surface area contributed by atoms with Crippen molar-refractivity contribution in [2.24, 2.45) is 0 Å². The summed E-state index contributed by atoms with van der Waals surface area (Å²) in [5, 5.41) is 1.02. The first kappa shape index (κ1) is 15.3. The summed E-state index contributed by atoms with van der Waals surface area (Å²) in [6.07, 6.45) is 0. The van der Waals surface area contributed by atoms with Crippen LogP contribution >= 0.6 is 0 Å². The Bertz CT molecular complexity index is 3430. The van der Waals surface area contributed by atoms with Crippen LogP contribution in [0, 0.1) is 0 Å². The van der Waals surface area contributed by atoms with Gasteiger partial charge < -0.3 is 4.42 Å². The standard InChI is InChI=1S/C43H27N3O/c1-4-12-28(13-5-1)31-20-21-33-25-34(23-22-32(33)24-31)42-44-41(30-16-8-3-9-17-30)45-43(46-42)37-26-35(29-14-6-2-7-15-29)27-39-40(37)36-18-10-11-19-38(36)47-39/h1-27H/i2D,3D,6D,7D,8D,9D,10D,11D,14D,15D,16D,17D,18D,19D,26D,27D. The van der Waals surface area contributed by atoms with E-state index in [2.05, 4.69) is 9.97 Å². The van der Waals surface area contributed by atoms with Crippen LogP contribution in [0.2, 0.25) is 0 Å². The molecule has 9 aromatic rings. The minimum Gasteiger partial charge on any atom is -0.456 e. The lowest BCUT2D eigenvalue weighted by molar-refractivity contribution is 0.669. The molecule has 0 atom stereocenters. The Morgan fingerprint density at radius 2 is 1.06 bits per heavy atom. The quantitative estimate of drug-likeness (QED) is 0.193. The Morgan fingerprint density at radius 3 is 1.83 bits per heavy atom. The van der Waals surface area contributed by atoms with E-state index in [1.807, 2.05) is 54.6 Å². The lowest BCUT2D eigenvalue weighted by Gasteiger charge is -2.12. The minimum absolute atomic E-state index is 0.127. The van der Waals surface area contributed by atoms with Gasteiger partial charge >= 0.3 is 0 Å². The molecule has 0 spiro atoms. The summed E-state index contributed by atoms with van der Waals surface area (Å²) >= 11 is 0. The molecule has 0 radical (unpaired) electrons. The highest BCUT2D eigenvalue weighted by Gasteiger charge is 2.19. The Kier molecular flexibility index (Phi) is 3.64. The normalized spacial score (nSPS) is 16.2. The van der Waals surface area contributed by atoms with Crippen LogP contribution in [0.25, 0.3) is 89.1 Å². The van der Waals surface area contributed by atoms with Crippen LogP contribution in [0.5, 0.6) is 0 Å². The third-order valence-electron chi connectivity index (χ3n) is 7.61. The zero-order valence-corrected chi connectivity index (χ0v) is 24.1. The van der Waals surface area contributed by atoms with Gasteiger partial charge in [0.1, 0.15) is 11.2 Å². The number of benzene rings is 7. The molecule has 0 unspecified atom stereocenters. The maximum absolute atomic E-state index is 9.75. The lowest BCUT2D eigenvalue weighted by Crippen LogP contribution is -2.00. The van der Waals surface area contributed by atoms with Gasteiger partial charge in [0.25, 0.3) is 0 Å². The van der Waals surface area contributed by atoms with E-state index in [4.69, 9.17) is 28.6 Å². The number of hydrogen-bond acceptors (Lipinski definition) is 4. The van der Waals surface area contributed by atoms with E-state index in [1.54, 1.807) is 12.1 Å². The molecular formula is C43H27N3O. The molecule has 0 amide bonds. The highest BCUT2D eigenvalue weighted by atomic mass is 16.3. The minimum atomic E-state index is -0.770. The molecule has 4 heteroatoms. The Labute approximate surface area is 294 Å². The van der Waals surface area contributed by atoms with Gasteiger partial charge in [0.2, 0.25) is 0 Å². The van der Waals surface area contributed by atoms with Crippen LogP contribution < -0.4 is 0 Å². The van der Waals surface area contributed by atoms with E-state index < -0.39 is 142 Å². The summed E-state index contributed by atoms with van der Waals surface area (Å²) in [6.45, 7) is 0. The van der Waals surface area contributed by atoms with Crippen LogP contribution in [0.1, 0.15) is 21.9 Å². The maximum Gasteiger partial charge on any atom is 0.164 e. The summed E-state index contributed by atoms with van der Waals surface area (Å²) in [4.78, 5) is 14.0. The molecule has 2 aromatic heterocycles. The number of aromatic nitrogens is 3. The van der Waals surface area contributed by atoms with E-state index in [1.165, 1.54) is 0 Å². The molecule has 0 N–H and O–H groups in total. The lowest BCUT2D eigenvalue weighted by atomic mass is 9.98. The molecule has 0 fully saturated rings. The first-order valence-corrected chi connectivity index (χ1v) is 14.4.